The van der Waals surface area contributed by atoms with Gasteiger partial charge in [0.05, 0.1) is 10.8 Å². The maximum Gasteiger partial charge on any atom is 0.240 e. The molecule has 1 heterocycles. The molecule has 2 amide bonds. The van der Waals surface area contributed by atoms with E-state index in [1.54, 1.807) is 17.0 Å². The molecular weight excluding hydrogens is 402 g/mol. The molecular formula is C22H27N3O4S. The molecule has 0 radical (unpaired) electrons. The van der Waals surface area contributed by atoms with Crippen LogP contribution in [0.5, 0.6) is 0 Å². The van der Waals surface area contributed by atoms with Gasteiger partial charge < -0.3 is 10.2 Å². The zero-order chi connectivity index (χ0) is 21.9. The summed E-state index contributed by atoms with van der Waals surface area (Å²) in [5.41, 5.74) is 3.37. The number of sulfonamides is 1. The van der Waals surface area contributed by atoms with Gasteiger partial charge in [0.15, 0.2) is 0 Å². The van der Waals surface area contributed by atoms with Gasteiger partial charge in [-0.2, -0.15) is 0 Å². The predicted molar refractivity (Wildman–Crippen MR) is 117 cm³/mol. The van der Waals surface area contributed by atoms with E-state index in [4.69, 9.17) is 0 Å². The Balaban J connectivity index is 1.67. The van der Waals surface area contributed by atoms with Crippen LogP contribution in [0.25, 0.3) is 0 Å². The van der Waals surface area contributed by atoms with E-state index in [1.165, 1.54) is 12.1 Å². The fourth-order valence-corrected chi connectivity index (χ4v) is 4.54. The molecule has 8 heteroatoms. The molecule has 2 N–H and O–H groups in total. The summed E-state index contributed by atoms with van der Waals surface area (Å²) in [5, 5.41) is 2.79. The summed E-state index contributed by atoms with van der Waals surface area (Å²) in [4.78, 5) is 27.0. The van der Waals surface area contributed by atoms with Crippen molar-refractivity contribution >= 4 is 33.2 Å². The summed E-state index contributed by atoms with van der Waals surface area (Å²) in [6, 6.07) is 11.9. The molecule has 30 heavy (non-hydrogen) atoms. The third-order valence-corrected chi connectivity index (χ3v) is 6.60. The first-order chi connectivity index (χ1) is 14.2. The molecule has 1 unspecified atom stereocenters. The lowest BCUT2D eigenvalue weighted by atomic mass is 10.1. The van der Waals surface area contributed by atoms with Crippen molar-refractivity contribution < 1.29 is 18.0 Å². The lowest BCUT2D eigenvalue weighted by Crippen LogP contribution is -2.28. The number of nitrogens with zero attached hydrogens (tertiary/aromatic N) is 1. The van der Waals surface area contributed by atoms with Crippen molar-refractivity contribution in [3.8, 4) is 0 Å². The number of carbonyl (C=O) groups excluding carboxylic acids is 2. The van der Waals surface area contributed by atoms with Gasteiger partial charge in [0.1, 0.15) is 0 Å². The number of benzene rings is 2. The minimum Gasteiger partial charge on any atom is -0.326 e. The molecule has 0 bridgehead atoms. The highest BCUT2D eigenvalue weighted by Gasteiger charge is 2.35. The van der Waals surface area contributed by atoms with Crippen LogP contribution in [0.3, 0.4) is 0 Å². The van der Waals surface area contributed by atoms with E-state index >= 15 is 0 Å². The molecule has 1 aliphatic rings. The zero-order valence-corrected chi connectivity index (χ0v) is 18.3. The average molecular weight is 430 g/mol. The molecule has 1 aliphatic heterocycles. The zero-order valence-electron chi connectivity index (χ0n) is 17.4. The monoisotopic (exact) mass is 429 g/mol. The molecule has 2 aromatic carbocycles. The second-order valence-electron chi connectivity index (χ2n) is 7.61. The van der Waals surface area contributed by atoms with Gasteiger partial charge in [0, 0.05) is 30.9 Å². The third-order valence-electron chi connectivity index (χ3n) is 5.13. The summed E-state index contributed by atoms with van der Waals surface area (Å²) in [7, 11) is -3.55. The van der Waals surface area contributed by atoms with Crippen molar-refractivity contribution in [2.75, 3.05) is 23.3 Å². The Bertz CT molecular complexity index is 1050. The second kappa shape index (κ2) is 8.97. The quantitative estimate of drug-likeness (QED) is 0.707. The Morgan fingerprint density at radius 2 is 1.83 bits per heavy atom. The van der Waals surface area contributed by atoms with Crippen LogP contribution in [0, 0.1) is 19.8 Å². The van der Waals surface area contributed by atoms with E-state index in [1.807, 2.05) is 39.0 Å². The lowest BCUT2D eigenvalue weighted by Gasteiger charge is -2.19. The lowest BCUT2D eigenvalue weighted by molar-refractivity contribution is -0.122. The number of hydrogen-bond acceptors (Lipinski definition) is 4. The Morgan fingerprint density at radius 3 is 2.50 bits per heavy atom. The molecule has 1 saturated heterocycles. The van der Waals surface area contributed by atoms with Crippen molar-refractivity contribution in [3.63, 3.8) is 0 Å². The first kappa shape index (κ1) is 22.0. The van der Waals surface area contributed by atoms with E-state index in [0.29, 0.717) is 25.2 Å². The Hall–Kier alpha value is -2.71. The van der Waals surface area contributed by atoms with Crippen LogP contribution in [-0.4, -0.2) is 33.3 Å². The smallest absolute Gasteiger partial charge is 0.240 e. The van der Waals surface area contributed by atoms with E-state index < -0.39 is 15.9 Å². The van der Waals surface area contributed by atoms with Crippen molar-refractivity contribution in [3.05, 3.63) is 53.6 Å². The summed E-state index contributed by atoms with van der Waals surface area (Å²) in [5.74, 6) is -0.796. The van der Waals surface area contributed by atoms with Gasteiger partial charge in [0.25, 0.3) is 0 Å². The van der Waals surface area contributed by atoms with Gasteiger partial charge in [-0.3, -0.25) is 9.59 Å². The molecule has 0 spiro atoms. The molecule has 0 saturated carbocycles. The van der Waals surface area contributed by atoms with Gasteiger partial charge in [-0.1, -0.05) is 19.1 Å². The van der Waals surface area contributed by atoms with E-state index in [-0.39, 0.29) is 23.1 Å². The topological polar surface area (TPSA) is 95.6 Å². The van der Waals surface area contributed by atoms with Crippen LogP contribution in [0.15, 0.2) is 47.4 Å². The second-order valence-corrected chi connectivity index (χ2v) is 9.37. The minimum atomic E-state index is -3.55. The van der Waals surface area contributed by atoms with Crippen LogP contribution < -0.4 is 14.9 Å². The van der Waals surface area contributed by atoms with Crippen molar-refractivity contribution in [1.82, 2.24) is 4.72 Å². The normalized spacial score (nSPS) is 16.7. The van der Waals surface area contributed by atoms with Crippen LogP contribution in [0.1, 0.15) is 30.9 Å². The average Bonchev–Trinajstić information content (AvgIpc) is 3.10. The number of rotatable bonds is 7. The molecule has 1 atom stereocenters. The molecule has 160 valence electrons. The number of amides is 2. The van der Waals surface area contributed by atoms with Crippen molar-refractivity contribution in [2.24, 2.45) is 5.92 Å². The molecule has 0 aliphatic carbocycles. The van der Waals surface area contributed by atoms with Crippen molar-refractivity contribution in [2.45, 2.75) is 38.5 Å². The maximum atomic E-state index is 12.7. The van der Waals surface area contributed by atoms with E-state index in [2.05, 4.69) is 10.0 Å². The minimum absolute atomic E-state index is 0.0766. The Labute approximate surface area is 177 Å². The fraction of sp³-hybridized carbons (Fsp3) is 0.364. The predicted octanol–water partition coefficient (Wildman–Crippen LogP) is 2.98. The SMILES string of the molecule is CCCNS(=O)(=O)c1ccc(NC(=O)C2CC(=O)N(c3cc(C)ccc3C)C2)cc1. The van der Waals surface area contributed by atoms with Gasteiger partial charge in [0.2, 0.25) is 21.8 Å². The Kier molecular flexibility index (Phi) is 6.58. The first-order valence-electron chi connectivity index (χ1n) is 9.99. The fourth-order valence-electron chi connectivity index (χ4n) is 3.41. The van der Waals surface area contributed by atoms with Crippen LogP contribution in [0.4, 0.5) is 11.4 Å². The summed E-state index contributed by atoms with van der Waals surface area (Å²) >= 11 is 0. The highest BCUT2D eigenvalue weighted by molar-refractivity contribution is 7.89. The summed E-state index contributed by atoms with van der Waals surface area (Å²) in [6.45, 7) is 6.49. The molecule has 7 nitrogen and oxygen atoms in total. The first-order valence-corrected chi connectivity index (χ1v) is 11.5. The highest BCUT2D eigenvalue weighted by atomic mass is 32.2. The maximum absolute atomic E-state index is 12.7. The van der Waals surface area contributed by atoms with Gasteiger partial charge in [-0.25, -0.2) is 13.1 Å². The molecule has 0 aromatic heterocycles. The number of anilines is 2. The summed E-state index contributed by atoms with van der Waals surface area (Å²) in [6.07, 6.45) is 0.846. The molecule has 3 rings (SSSR count). The van der Waals surface area contributed by atoms with Crippen LogP contribution in [0.2, 0.25) is 0 Å². The summed E-state index contributed by atoms with van der Waals surface area (Å²) < 4.78 is 26.8. The van der Waals surface area contributed by atoms with E-state index in [0.717, 1.165) is 16.8 Å². The molecule has 2 aromatic rings. The standard InChI is InChI=1S/C22H27N3O4S/c1-4-11-23-30(28,29)19-9-7-18(8-10-19)24-22(27)17-13-21(26)25(14-17)20-12-15(2)5-6-16(20)3/h5-10,12,17,23H,4,11,13-14H2,1-3H3,(H,24,27). The van der Waals surface area contributed by atoms with Crippen LogP contribution >= 0.6 is 0 Å². The van der Waals surface area contributed by atoms with Crippen molar-refractivity contribution in [1.29, 1.82) is 0 Å². The van der Waals surface area contributed by atoms with Crippen LogP contribution in [-0.2, 0) is 19.6 Å². The highest BCUT2D eigenvalue weighted by Crippen LogP contribution is 2.29. The molecule has 1 fully saturated rings. The third kappa shape index (κ3) is 4.88. The number of nitrogens with one attached hydrogen (secondary N) is 2. The van der Waals surface area contributed by atoms with Gasteiger partial charge in [-0.05, 0) is 61.7 Å². The number of aryl methyl sites for hydroxylation is 2. The Morgan fingerprint density at radius 1 is 1.13 bits per heavy atom. The van der Waals surface area contributed by atoms with Gasteiger partial charge >= 0.3 is 0 Å². The number of hydrogen-bond donors (Lipinski definition) is 2. The largest absolute Gasteiger partial charge is 0.326 e. The van der Waals surface area contributed by atoms with Gasteiger partial charge in [-0.15, -0.1) is 0 Å². The van der Waals surface area contributed by atoms with E-state index in [9.17, 15) is 18.0 Å². The number of carbonyl (C=O) groups is 2.